The maximum Gasteiger partial charge on any atom is 0.325 e. The van der Waals surface area contributed by atoms with Gasteiger partial charge in [0.25, 0.3) is 0 Å². The van der Waals surface area contributed by atoms with Gasteiger partial charge < -0.3 is 15.3 Å². The van der Waals surface area contributed by atoms with Crippen LogP contribution in [0.5, 0.6) is 0 Å². The Balaban J connectivity index is 1.69. The zero-order valence-electron chi connectivity index (χ0n) is 16.6. The van der Waals surface area contributed by atoms with Crippen LogP contribution in [0.1, 0.15) is 51.1 Å². The number of anilines is 1. The minimum absolute atomic E-state index is 0.0187. The van der Waals surface area contributed by atoms with Gasteiger partial charge in [0.15, 0.2) is 0 Å². The van der Waals surface area contributed by atoms with E-state index in [1.165, 1.54) is 0 Å². The molecule has 2 N–H and O–H groups in total. The van der Waals surface area contributed by atoms with Crippen molar-refractivity contribution in [3.05, 3.63) is 29.8 Å². The van der Waals surface area contributed by atoms with Gasteiger partial charge >= 0.3 is 5.97 Å². The average molecular weight is 387 g/mol. The van der Waals surface area contributed by atoms with Crippen molar-refractivity contribution in [1.82, 2.24) is 9.80 Å². The van der Waals surface area contributed by atoms with Crippen molar-refractivity contribution in [3.8, 4) is 0 Å². The quantitative estimate of drug-likeness (QED) is 0.783. The molecule has 0 unspecified atom stereocenters. The van der Waals surface area contributed by atoms with Gasteiger partial charge in [-0.15, -0.1) is 0 Å². The summed E-state index contributed by atoms with van der Waals surface area (Å²) in [6, 6.07) is 6.29. The largest absolute Gasteiger partial charge is 0.480 e. The molecule has 7 nitrogen and oxygen atoms in total. The first-order valence-electron chi connectivity index (χ1n) is 10.0. The second kappa shape index (κ2) is 8.73. The standard InChI is InChI=1S/C21H29N3O4/c1-14(2)20(26)22-16-9-7-15(8-10-16)19(21(27)28)23-11-12-24(18(25)13-23)17-5-3-4-6-17/h7-10,14,17,19H,3-6,11-13H2,1-2H3,(H,22,26)(H,27,28)/t19-/m0/s1. The molecule has 1 heterocycles. The van der Waals surface area contributed by atoms with Crippen LogP contribution in [0, 0.1) is 5.92 Å². The van der Waals surface area contributed by atoms with Gasteiger partial charge in [0.2, 0.25) is 11.8 Å². The first-order chi connectivity index (χ1) is 13.4. The topological polar surface area (TPSA) is 89.9 Å². The zero-order chi connectivity index (χ0) is 20.3. The Labute approximate surface area is 165 Å². The van der Waals surface area contributed by atoms with E-state index in [0.717, 1.165) is 25.7 Å². The van der Waals surface area contributed by atoms with Gasteiger partial charge in [-0.1, -0.05) is 38.8 Å². The summed E-state index contributed by atoms with van der Waals surface area (Å²) >= 11 is 0. The molecule has 152 valence electrons. The molecule has 0 spiro atoms. The van der Waals surface area contributed by atoms with E-state index in [1.807, 2.05) is 18.7 Å². The number of hydrogen-bond donors (Lipinski definition) is 2. The van der Waals surface area contributed by atoms with Crippen LogP contribution in [0.2, 0.25) is 0 Å². The lowest BCUT2D eigenvalue weighted by molar-refractivity contribution is -0.149. The summed E-state index contributed by atoms with van der Waals surface area (Å²) in [6.45, 7) is 4.87. The number of carbonyl (C=O) groups excluding carboxylic acids is 2. The number of carboxylic acid groups (broad SMARTS) is 1. The smallest absolute Gasteiger partial charge is 0.325 e. The highest BCUT2D eigenvalue weighted by Gasteiger charge is 2.36. The van der Waals surface area contributed by atoms with Crippen molar-refractivity contribution in [1.29, 1.82) is 0 Å². The molecular weight excluding hydrogens is 358 g/mol. The minimum atomic E-state index is -0.971. The highest BCUT2D eigenvalue weighted by molar-refractivity contribution is 5.92. The van der Waals surface area contributed by atoms with Gasteiger partial charge in [0, 0.05) is 30.7 Å². The molecule has 1 atom stereocenters. The third-order valence-electron chi connectivity index (χ3n) is 5.67. The number of aliphatic carboxylic acids is 1. The Morgan fingerprint density at radius 1 is 1.11 bits per heavy atom. The van der Waals surface area contributed by atoms with E-state index in [4.69, 9.17) is 0 Å². The van der Waals surface area contributed by atoms with E-state index in [1.54, 1.807) is 29.2 Å². The molecule has 28 heavy (non-hydrogen) atoms. The second-order valence-corrected chi connectivity index (χ2v) is 8.00. The van der Waals surface area contributed by atoms with E-state index in [2.05, 4.69) is 5.32 Å². The van der Waals surface area contributed by atoms with Gasteiger partial charge in [-0.3, -0.25) is 19.3 Å². The molecule has 0 bridgehead atoms. The van der Waals surface area contributed by atoms with Crippen LogP contribution in [-0.2, 0) is 14.4 Å². The maximum absolute atomic E-state index is 12.6. The minimum Gasteiger partial charge on any atom is -0.480 e. The fraction of sp³-hybridized carbons (Fsp3) is 0.571. The molecule has 2 fully saturated rings. The fourth-order valence-corrected chi connectivity index (χ4v) is 4.07. The predicted molar refractivity (Wildman–Crippen MR) is 106 cm³/mol. The molecule has 1 saturated heterocycles. The van der Waals surface area contributed by atoms with Crippen molar-refractivity contribution < 1.29 is 19.5 Å². The highest BCUT2D eigenvalue weighted by atomic mass is 16.4. The summed E-state index contributed by atoms with van der Waals surface area (Å²) < 4.78 is 0. The van der Waals surface area contributed by atoms with Crippen molar-refractivity contribution >= 4 is 23.5 Å². The number of amides is 2. The van der Waals surface area contributed by atoms with Gasteiger partial charge in [-0.05, 0) is 30.5 Å². The monoisotopic (exact) mass is 387 g/mol. The lowest BCUT2D eigenvalue weighted by atomic mass is 10.0. The molecule has 1 aromatic carbocycles. The molecule has 7 heteroatoms. The van der Waals surface area contributed by atoms with E-state index in [0.29, 0.717) is 30.4 Å². The highest BCUT2D eigenvalue weighted by Crippen LogP contribution is 2.28. The lowest BCUT2D eigenvalue weighted by Gasteiger charge is -2.40. The molecular formula is C21H29N3O4. The molecule has 1 aromatic rings. The SMILES string of the molecule is CC(C)C(=O)Nc1ccc([C@@H](C(=O)O)N2CCN(C3CCCC3)C(=O)C2)cc1. The van der Waals surface area contributed by atoms with Crippen LogP contribution in [-0.4, -0.2) is 58.4 Å². The third-order valence-corrected chi connectivity index (χ3v) is 5.67. The van der Waals surface area contributed by atoms with Crippen molar-refractivity contribution in [3.63, 3.8) is 0 Å². The second-order valence-electron chi connectivity index (χ2n) is 8.00. The van der Waals surface area contributed by atoms with Gasteiger partial charge in [0.05, 0.1) is 6.54 Å². The summed E-state index contributed by atoms with van der Waals surface area (Å²) in [5.41, 5.74) is 1.24. The molecule has 1 saturated carbocycles. The van der Waals surface area contributed by atoms with Crippen LogP contribution >= 0.6 is 0 Å². The molecule has 1 aliphatic carbocycles. The van der Waals surface area contributed by atoms with Crippen molar-refractivity contribution in [2.24, 2.45) is 5.92 Å². The van der Waals surface area contributed by atoms with Crippen LogP contribution in [0.15, 0.2) is 24.3 Å². The zero-order valence-corrected chi connectivity index (χ0v) is 16.6. The first-order valence-corrected chi connectivity index (χ1v) is 10.0. The number of nitrogens with one attached hydrogen (secondary N) is 1. The molecule has 3 rings (SSSR count). The van der Waals surface area contributed by atoms with Crippen LogP contribution in [0.25, 0.3) is 0 Å². The van der Waals surface area contributed by atoms with Crippen LogP contribution in [0.3, 0.4) is 0 Å². The molecule has 0 aromatic heterocycles. The molecule has 2 aliphatic rings. The fourth-order valence-electron chi connectivity index (χ4n) is 4.07. The Hall–Kier alpha value is -2.41. The number of benzene rings is 1. The summed E-state index contributed by atoms with van der Waals surface area (Å²) in [5.74, 6) is -1.17. The predicted octanol–water partition coefficient (Wildman–Crippen LogP) is 2.49. The number of piperazine rings is 1. The van der Waals surface area contributed by atoms with E-state index >= 15 is 0 Å². The third kappa shape index (κ3) is 4.52. The number of rotatable bonds is 6. The average Bonchev–Trinajstić information content (AvgIpc) is 3.17. The van der Waals surface area contributed by atoms with E-state index in [9.17, 15) is 19.5 Å². The summed E-state index contributed by atoms with van der Waals surface area (Å²) in [5, 5.41) is 12.6. The van der Waals surface area contributed by atoms with Crippen LogP contribution < -0.4 is 5.32 Å². The first kappa shape index (κ1) is 20.3. The van der Waals surface area contributed by atoms with Crippen molar-refractivity contribution in [2.45, 2.75) is 51.6 Å². The van der Waals surface area contributed by atoms with Gasteiger partial charge in [0.1, 0.15) is 6.04 Å². The maximum atomic E-state index is 12.6. The molecule has 0 radical (unpaired) electrons. The lowest BCUT2D eigenvalue weighted by Crippen LogP contribution is -2.55. The number of carbonyl (C=O) groups is 3. The molecule has 2 amide bonds. The number of nitrogens with zero attached hydrogens (tertiary/aromatic N) is 2. The van der Waals surface area contributed by atoms with Crippen LogP contribution in [0.4, 0.5) is 5.69 Å². The summed E-state index contributed by atoms with van der Waals surface area (Å²) in [6.07, 6.45) is 4.43. The number of hydrogen-bond acceptors (Lipinski definition) is 4. The van der Waals surface area contributed by atoms with E-state index < -0.39 is 12.0 Å². The number of carboxylic acids is 1. The normalized spacial score (nSPS) is 19.8. The Morgan fingerprint density at radius 3 is 2.29 bits per heavy atom. The summed E-state index contributed by atoms with van der Waals surface area (Å²) in [4.78, 5) is 40.1. The van der Waals surface area contributed by atoms with E-state index in [-0.39, 0.29) is 24.3 Å². The Morgan fingerprint density at radius 2 is 1.75 bits per heavy atom. The van der Waals surface area contributed by atoms with Gasteiger partial charge in [-0.2, -0.15) is 0 Å². The summed E-state index contributed by atoms with van der Waals surface area (Å²) in [7, 11) is 0. The van der Waals surface area contributed by atoms with Gasteiger partial charge in [-0.25, -0.2) is 0 Å². The van der Waals surface area contributed by atoms with Crippen molar-refractivity contribution in [2.75, 3.05) is 25.0 Å². The Bertz CT molecular complexity index is 726. The Kier molecular flexibility index (Phi) is 6.34. The molecule has 1 aliphatic heterocycles.